The maximum atomic E-state index is 12.5. The van der Waals surface area contributed by atoms with E-state index in [1.54, 1.807) is 11.3 Å². The van der Waals surface area contributed by atoms with Gasteiger partial charge in [-0.25, -0.2) is 4.98 Å². The molecule has 1 aromatic rings. The van der Waals surface area contributed by atoms with E-state index in [2.05, 4.69) is 4.98 Å². The summed E-state index contributed by atoms with van der Waals surface area (Å²) < 4.78 is 5.33. The van der Waals surface area contributed by atoms with E-state index >= 15 is 0 Å². The minimum Gasteiger partial charge on any atom is -0.381 e. The molecule has 1 amide bonds. The Kier molecular flexibility index (Phi) is 3.61. The number of aromatic nitrogens is 1. The summed E-state index contributed by atoms with van der Waals surface area (Å²) in [6, 6.07) is 0.201. The van der Waals surface area contributed by atoms with Gasteiger partial charge in [-0.15, -0.1) is 11.3 Å². The summed E-state index contributed by atoms with van der Waals surface area (Å²) in [5.74, 6) is 0.345. The molecule has 2 fully saturated rings. The summed E-state index contributed by atoms with van der Waals surface area (Å²) in [6.07, 6.45) is 6.05. The molecule has 4 nitrogen and oxygen atoms in total. The zero-order chi connectivity index (χ0) is 12.4. The molecule has 3 heterocycles. The SMILES string of the molecule is O=C([C@H]1CCOC1)N1CCCC[C@@H]1c1nccs1. The zero-order valence-electron chi connectivity index (χ0n) is 10.4. The molecule has 18 heavy (non-hydrogen) atoms. The summed E-state index contributed by atoms with van der Waals surface area (Å²) in [4.78, 5) is 19.0. The van der Waals surface area contributed by atoms with E-state index in [1.807, 2.05) is 16.5 Å². The molecule has 0 aliphatic carbocycles. The van der Waals surface area contributed by atoms with Crippen LogP contribution >= 0.6 is 11.3 Å². The predicted octanol–water partition coefficient (Wildman–Crippen LogP) is 2.23. The van der Waals surface area contributed by atoms with Crippen LogP contribution in [0.4, 0.5) is 0 Å². The molecule has 3 rings (SSSR count). The largest absolute Gasteiger partial charge is 0.381 e. The Morgan fingerprint density at radius 2 is 2.39 bits per heavy atom. The summed E-state index contributed by atoms with van der Waals surface area (Å²) in [6.45, 7) is 2.20. The third kappa shape index (κ3) is 2.29. The van der Waals surface area contributed by atoms with Gasteiger partial charge in [0.15, 0.2) is 0 Å². The molecule has 0 bridgehead atoms. The van der Waals surface area contributed by atoms with E-state index < -0.39 is 0 Å². The fourth-order valence-electron chi connectivity index (χ4n) is 2.81. The lowest BCUT2D eigenvalue weighted by Crippen LogP contribution is -2.42. The highest BCUT2D eigenvalue weighted by atomic mass is 32.1. The van der Waals surface area contributed by atoms with Gasteiger partial charge in [-0.2, -0.15) is 0 Å². The van der Waals surface area contributed by atoms with E-state index in [1.165, 1.54) is 6.42 Å². The van der Waals surface area contributed by atoms with Gasteiger partial charge >= 0.3 is 0 Å². The van der Waals surface area contributed by atoms with Crippen LogP contribution in [-0.4, -0.2) is 35.5 Å². The number of carbonyl (C=O) groups excluding carboxylic acids is 1. The minimum atomic E-state index is 0.0746. The van der Waals surface area contributed by atoms with E-state index in [-0.39, 0.29) is 17.9 Å². The van der Waals surface area contributed by atoms with Crippen LogP contribution in [0, 0.1) is 5.92 Å². The molecular formula is C13H18N2O2S. The second-order valence-electron chi connectivity index (χ2n) is 4.97. The quantitative estimate of drug-likeness (QED) is 0.824. The molecule has 5 heteroatoms. The fourth-order valence-corrected chi connectivity index (χ4v) is 3.60. The van der Waals surface area contributed by atoms with Crippen LogP contribution in [0.25, 0.3) is 0 Å². The van der Waals surface area contributed by atoms with Crippen molar-refractivity contribution in [3.8, 4) is 0 Å². The van der Waals surface area contributed by atoms with Gasteiger partial charge < -0.3 is 9.64 Å². The molecule has 2 aliphatic heterocycles. The molecule has 0 aromatic carbocycles. The average molecular weight is 266 g/mol. The number of piperidine rings is 1. The van der Waals surface area contributed by atoms with Gasteiger partial charge in [0.25, 0.3) is 0 Å². The number of carbonyl (C=O) groups is 1. The summed E-state index contributed by atoms with van der Waals surface area (Å²) in [7, 11) is 0. The lowest BCUT2D eigenvalue weighted by Gasteiger charge is -2.36. The van der Waals surface area contributed by atoms with Crippen LogP contribution in [0.3, 0.4) is 0 Å². The van der Waals surface area contributed by atoms with E-state index in [0.717, 1.165) is 37.4 Å². The van der Waals surface area contributed by atoms with E-state index in [9.17, 15) is 4.79 Å². The highest BCUT2D eigenvalue weighted by Crippen LogP contribution is 2.33. The number of thiazole rings is 1. The second-order valence-corrected chi connectivity index (χ2v) is 5.90. The van der Waals surface area contributed by atoms with Crippen molar-refractivity contribution in [1.29, 1.82) is 0 Å². The highest BCUT2D eigenvalue weighted by Gasteiger charge is 2.34. The van der Waals surface area contributed by atoms with Gasteiger partial charge in [0.05, 0.1) is 18.6 Å². The first-order valence-corrected chi connectivity index (χ1v) is 7.52. The molecule has 0 N–H and O–H groups in total. The standard InChI is InChI=1S/C13H18N2O2S/c16-13(10-4-7-17-9-10)15-6-2-1-3-11(15)12-14-5-8-18-12/h5,8,10-11H,1-4,6-7,9H2/t10-,11+/m0/s1. The van der Waals surface area contributed by atoms with Gasteiger partial charge in [0.1, 0.15) is 5.01 Å². The molecule has 0 radical (unpaired) electrons. The third-order valence-corrected chi connectivity index (χ3v) is 4.68. The van der Waals surface area contributed by atoms with Crippen molar-refractivity contribution in [2.75, 3.05) is 19.8 Å². The summed E-state index contributed by atoms with van der Waals surface area (Å²) in [5, 5.41) is 3.08. The van der Waals surface area contributed by atoms with Crippen LogP contribution in [0.5, 0.6) is 0 Å². The van der Waals surface area contributed by atoms with Crippen molar-refractivity contribution in [1.82, 2.24) is 9.88 Å². The molecule has 2 aliphatic rings. The van der Waals surface area contributed by atoms with Gasteiger partial charge in [0.2, 0.25) is 5.91 Å². The number of likely N-dealkylation sites (tertiary alicyclic amines) is 1. The predicted molar refractivity (Wildman–Crippen MR) is 69.3 cm³/mol. The first kappa shape index (κ1) is 12.1. The van der Waals surface area contributed by atoms with Crippen LogP contribution in [-0.2, 0) is 9.53 Å². The molecule has 2 atom stereocenters. The van der Waals surface area contributed by atoms with E-state index in [0.29, 0.717) is 6.61 Å². The minimum absolute atomic E-state index is 0.0746. The normalized spacial score (nSPS) is 28.6. The van der Waals surface area contributed by atoms with Gasteiger partial charge in [-0.3, -0.25) is 4.79 Å². The number of hydrogen-bond acceptors (Lipinski definition) is 4. The Balaban J connectivity index is 1.77. The molecule has 2 saturated heterocycles. The summed E-state index contributed by atoms with van der Waals surface area (Å²) >= 11 is 1.66. The Morgan fingerprint density at radius 3 is 3.11 bits per heavy atom. The van der Waals surface area contributed by atoms with Gasteiger partial charge in [-0.1, -0.05) is 0 Å². The Labute approximate surface area is 111 Å². The molecule has 0 spiro atoms. The van der Waals surface area contributed by atoms with Crippen molar-refractivity contribution >= 4 is 17.2 Å². The molecule has 1 aromatic heterocycles. The van der Waals surface area contributed by atoms with Crippen molar-refractivity contribution < 1.29 is 9.53 Å². The van der Waals surface area contributed by atoms with Crippen molar-refractivity contribution in [2.24, 2.45) is 5.92 Å². The Bertz CT molecular complexity index is 401. The number of hydrogen-bond donors (Lipinski definition) is 0. The molecule has 98 valence electrons. The van der Waals surface area contributed by atoms with Crippen molar-refractivity contribution in [2.45, 2.75) is 31.7 Å². The highest BCUT2D eigenvalue weighted by molar-refractivity contribution is 7.09. The third-order valence-electron chi connectivity index (χ3n) is 3.80. The van der Waals surface area contributed by atoms with Crippen LogP contribution in [0.2, 0.25) is 0 Å². The maximum Gasteiger partial charge on any atom is 0.228 e. The molecule has 0 unspecified atom stereocenters. The number of rotatable bonds is 2. The van der Waals surface area contributed by atoms with Crippen LogP contribution in [0.15, 0.2) is 11.6 Å². The summed E-state index contributed by atoms with van der Waals surface area (Å²) in [5.41, 5.74) is 0. The van der Waals surface area contributed by atoms with Crippen molar-refractivity contribution in [3.63, 3.8) is 0 Å². The second kappa shape index (κ2) is 5.36. The Morgan fingerprint density at radius 1 is 1.44 bits per heavy atom. The van der Waals surface area contributed by atoms with Gasteiger partial charge in [0, 0.05) is 24.7 Å². The van der Waals surface area contributed by atoms with Crippen LogP contribution in [0.1, 0.15) is 36.7 Å². The number of amides is 1. The van der Waals surface area contributed by atoms with Crippen LogP contribution < -0.4 is 0 Å². The number of ether oxygens (including phenoxy) is 1. The first-order valence-electron chi connectivity index (χ1n) is 6.64. The maximum absolute atomic E-state index is 12.5. The average Bonchev–Trinajstić information content (AvgIpc) is 3.11. The lowest BCUT2D eigenvalue weighted by atomic mass is 9.99. The monoisotopic (exact) mass is 266 g/mol. The number of nitrogens with zero attached hydrogens (tertiary/aromatic N) is 2. The van der Waals surface area contributed by atoms with E-state index in [4.69, 9.17) is 4.74 Å². The smallest absolute Gasteiger partial charge is 0.228 e. The van der Waals surface area contributed by atoms with Gasteiger partial charge in [-0.05, 0) is 25.7 Å². The molecular weight excluding hydrogens is 248 g/mol. The molecule has 0 saturated carbocycles. The first-order chi connectivity index (χ1) is 8.86. The fraction of sp³-hybridized carbons (Fsp3) is 0.692. The topological polar surface area (TPSA) is 42.4 Å². The lowest BCUT2D eigenvalue weighted by molar-refractivity contribution is -0.139. The van der Waals surface area contributed by atoms with Crippen molar-refractivity contribution in [3.05, 3.63) is 16.6 Å². The Hall–Kier alpha value is -0.940. The zero-order valence-corrected chi connectivity index (χ0v) is 11.2.